The fourth-order valence-electron chi connectivity index (χ4n) is 2.96. The second-order valence-electron chi connectivity index (χ2n) is 5.93. The maximum atomic E-state index is 5.44. The highest BCUT2D eigenvalue weighted by atomic mass is 16.7. The van der Waals surface area contributed by atoms with Crippen LogP contribution in [0.25, 0.3) is 0 Å². The second kappa shape index (κ2) is 6.07. The average molecular weight is 348 g/mol. The van der Waals surface area contributed by atoms with Crippen molar-refractivity contribution in [1.29, 1.82) is 0 Å². The first-order valence-corrected chi connectivity index (χ1v) is 8.27. The first kappa shape index (κ1) is 14.8. The summed E-state index contributed by atoms with van der Waals surface area (Å²) in [6, 6.07) is 19.6. The van der Waals surface area contributed by atoms with Crippen LogP contribution in [0.5, 0.6) is 23.0 Å². The zero-order valence-corrected chi connectivity index (χ0v) is 13.8. The molecule has 0 spiro atoms. The monoisotopic (exact) mass is 348 g/mol. The Hall–Kier alpha value is -3.54. The van der Waals surface area contributed by atoms with E-state index in [2.05, 4.69) is 10.6 Å². The molecule has 0 aromatic heterocycles. The van der Waals surface area contributed by atoms with E-state index in [1.165, 1.54) is 0 Å². The van der Waals surface area contributed by atoms with Crippen LogP contribution in [0, 0.1) is 0 Å². The number of hydrogen-bond donors (Lipinski definition) is 2. The SMILES string of the molecule is c1ccc(Nc2ccc3c(c2)OCO3)c(Nc2ccc3c(c2)OCO3)c1. The van der Waals surface area contributed by atoms with E-state index in [-0.39, 0.29) is 13.6 Å². The summed E-state index contributed by atoms with van der Waals surface area (Å²) in [5.41, 5.74) is 3.75. The van der Waals surface area contributed by atoms with Crippen LogP contribution in [0.3, 0.4) is 0 Å². The van der Waals surface area contributed by atoms with E-state index in [0.29, 0.717) is 0 Å². The quantitative estimate of drug-likeness (QED) is 0.717. The van der Waals surface area contributed by atoms with Crippen molar-refractivity contribution in [3.63, 3.8) is 0 Å². The van der Waals surface area contributed by atoms with Crippen LogP contribution in [-0.2, 0) is 0 Å². The molecule has 0 unspecified atom stereocenters. The van der Waals surface area contributed by atoms with Gasteiger partial charge in [0.1, 0.15) is 0 Å². The molecule has 6 nitrogen and oxygen atoms in total. The van der Waals surface area contributed by atoms with Crippen LogP contribution in [0.15, 0.2) is 60.7 Å². The number of para-hydroxylation sites is 2. The van der Waals surface area contributed by atoms with Gasteiger partial charge in [-0.1, -0.05) is 12.1 Å². The molecular weight excluding hydrogens is 332 g/mol. The molecule has 0 fully saturated rings. The largest absolute Gasteiger partial charge is 0.454 e. The zero-order chi connectivity index (χ0) is 17.3. The third-order valence-electron chi connectivity index (χ3n) is 4.23. The minimum absolute atomic E-state index is 0.265. The van der Waals surface area contributed by atoms with Gasteiger partial charge < -0.3 is 29.6 Å². The molecule has 2 N–H and O–H groups in total. The summed E-state index contributed by atoms with van der Waals surface area (Å²) in [7, 11) is 0. The van der Waals surface area contributed by atoms with Gasteiger partial charge in [0.25, 0.3) is 0 Å². The Bertz CT molecular complexity index is 895. The predicted octanol–water partition coefficient (Wildman–Crippen LogP) is 4.63. The maximum Gasteiger partial charge on any atom is 0.231 e. The molecular formula is C20H16N2O4. The highest BCUT2D eigenvalue weighted by Crippen LogP contribution is 2.38. The summed E-state index contributed by atoms with van der Waals surface area (Å²) >= 11 is 0. The fourth-order valence-corrected chi connectivity index (χ4v) is 2.96. The van der Waals surface area contributed by atoms with Gasteiger partial charge >= 0.3 is 0 Å². The first-order valence-electron chi connectivity index (χ1n) is 8.27. The molecule has 0 saturated carbocycles. The molecule has 0 saturated heterocycles. The van der Waals surface area contributed by atoms with Crippen molar-refractivity contribution >= 4 is 22.7 Å². The zero-order valence-electron chi connectivity index (χ0n) is 13.8. The molecule has 0 bridgehead atoms. The molecule has 5 rings (SSSR count). The van der Waals surface area contributed by atoms with E-state index in [1.807, 2.05) is 60.7 Å². The summed E-state index contributed by atoms with van der Waals surface area (Å²) in [6.07, 6.45) is 0. The minimum atomic E-state index is 0.265. The summed E-state index contributed by atoms with van der Waals surface area (Å²) < 4.78 is 21.6. The lowest BCUT2D eigenvalue weighted by Gasteiger charge is -2.14. The molecule has 130 valence electrons. The van der Waals surface area contributed by atoms with Gasteiger partial charge in [-0.3, -0.25) is 0 Å². The summed E-state index contributed by atoms with van der Waals surface area (Å²) in [4.78, 5) is 0. The molecule has 3 aromatic carbocycles. The van der Waals surface area contributed by atoms with E-state index in [0.717, 1.165) is 45.7 Å². The number of hydrogen-bond acceptors (Lipinski definition) is 6. The first-order chi connectivity index (χ1) is 12.8. The Morgan fingerprint density at radius 2 is 1.00 bits per heavy atom. The lowest BCUT2D eigenvalue weighted by molar-refractivity contribution is 0.173. The smallest absolute Gasteiger partial charge is 0.231 e. The van der Waals surface area contributed by atoms with Gasteiger partial charge in [-0.2, -0.15) is 0 Å². The number of benzene rings is 3. The van der Waals surface area contributed by atoms with Gasteiger partial charge in [0.2, 0.25) is 13.6 Å². The third-order valence-corrected chi connectivity index (χ3v) is 4.23. The summed E-state index contributed by atoms with van der Waals surface area (Å²) in [5.74, 6) is 3.03. The average Bonchev–Trinajstić information content (AvgIpc) is 3.31. The van der Waals surface area contributed by atoms with Crippen LogP contribution in [0.4, 0.5) is 22.7 Å². The predicted molar refractivity (Wildman–Crippen MR) is 98.1 cm³/mol. The Balaban J connectivity index is 1.40. The van der Waals surface area contributed by atoms with E-state index < -0.39 is 0 Å². The molecule has 0 aliphatic carbocycles. The molecule has 0 atom stereocenters. The van der Waals surface area contributed by atoms with E-state index >= 15 is 0 Å². The van der Waals surface area contributed by atoms with Crippen LogP contribution < -0.4 is 29.6 Å². The maximum absolute atomic E-state index is 5.44. The minimum Gasteiger partial charge on any atom is -0.454 e. The lowest BCUT2D eigenvalue weighted by Crippen LogP contribution is -1.97. The van der Waals surface area contributed by atoms with Crippen molar-refractivity contribution < 1.29 is 18.9 Å². The van der Waals surface area contributed by atoms with E-state index in [1.54, 1.807) is 0 Å². The summed E-state index contributed by atoms with van der Waals surface area (Å²) in [5, 5.41) is 6.84. The normalized spacial score (nSPS) is 13.5. The Labute approximate surface area is 150 Å². The van der Waals surface area contributed by atoms with Crippen LogP contribution >= 0.6 is 0 Å². The molecule has 26 heavy (non-hydrogen) atoms. The van der Waals surface area contributed by atoms with Crippen molar-refractivity contribution in [2.45, 2.75) is 0 Å². The second-order valence-corrected chi connectivity index (χ2v) is 5.93. The Morgan fingerprint density at radius 1 is 0.538 bits per heavy atom. The van der Waals surface area contributed by atoms with Crippen molar-refractivity contribution in [3.05, 3.63) is 60.7 Å². The van der Waals surface area contributed by atoms with Crippen molar-refractivity contribution in [2.24, 2.45) is 0 Å². The van der Waals surface area contributed by atoms with E-state index in [4.69, 9.17) is 18.9 Å². The number of rotatable bonds is 4. The number of anilines is 4. The Morgan fingerprint density at radius 3 is 1.50 bits per heavy atom. The van der Waals surface area contributed by atoms with Gasteiger partial charge in [0.15, 0.2) is 23.0 Å². The molecule has 6 heteroatoms. The Kier molecular flexibility index (Phi) is 3.45. The topological polar surface area (TPSA) is 61.0 Å². The molecule has 0 amide bonds. The van der Waals surface area contributed by atoms with Crippen LogP contribution in [0.2, 0.25) is 0 Å². The third kappa shape index (κ3) is 2.71. The van der Waals surface area contributed by atoms with Crippen LogP contribution in [-0.4, -0.2) is 13.6 Å². The molecule has 3 aromatic rings. The highest BCUT2D eigenvalue weighted by Gasteiger charge is 2.15. The fraction of sp³-hybridized carbons (Fsp3) is 0.100. The van der Waals surface area contributed by atoms with Gasteiger partial charge in [0, 0.05) is 23.5 Å². The van der Waals surface area contributed by atoms with Crippen LogP contribution in [0.1, 0.15) is 0 Å². The van der Waals surface area contributed by atoms with E-state index in [9.17, 15) is 0 Å². The van der Waals surface area contributed by atoms with Crippen molar-refractivity contribution in [2.75, 3.05) is 24.2 Å². The number of nitrogens with one attached hydrogen (secondary N) is 2. The van der Waals surface area contributed by atoms with Crippen molar-refractivity contribution in [3.8, 4) is 23.0 Å². The molecule has 2 heterocycles. The van der Waals surface area contributed by atoms with Gasteiger partial charge in [-0.05, 0) is 36.4 Å². The molecule has 2 aliphatic heterocycles. The number of fused-ring (bicyclic) bond motifs is 2. The van der Waals surface area contributed by atoms with Gasteiger partial charge in [-0.15, -0.1) is 0 Å². The van der Waals surface area contributed by atoms with Gasteiger partial charge in [-0.25, -0.2) is 0 Å². The van der Waals surface area contributed by atoms with Gasteiger partial charge in [0.05, 0.1) is 11.4 Å². The van der Waals surface area contributed by atoms with Crippen molar-refractivity contribution in [1.82, 2.24) is 0 Å². The standard InChI is InChI=1S/C20H16N2O4/c1-2-4-16(22-14-6-8-18-20(10-14)26-12-24-18)15(3-1)21-13-5-7-17-19(9-13)25-11-23-17/h1-10,21-22H,11-12H2. The molecule has 0 radical (unpaired) electrons. The highest BCUT2D eigenvalue weighted by molar-refractivity contribution is 5.79. The number of ether oxygens (including phenoxy) is 4. The summed E-state index contributed by atoms with van der Waals surface area (Å²) in [6.45, 7) is 0.530. The molecule has 2 aliphatic rings. The lowest BCUT2D eigenvalue weighted by atomic mass is 10.2.